The number of nitrogens with two attached hydrogens (primary N) is 1. The van der Waals surface area contributed by atoms with Crippen LogP contribution in [0.1, 0.15) is 12.6 Å². The van der Waals surface area contributed by atoms with Crippen LogP contribution in [0.3, 0.4) is 0 Å². The first-order valence-corrected chi connectivity index (χ1v) is 10.2. The van der Waals surface area contributed by atoms with E-state index >= 15 is 0 Å². The third-order valence-electron chi connectivity index (χ3n) is 3.67. The van der Waals surface area contributed by atoms with Crippen molar-refractivity contribution in [3.8, 4) is 0 Å². The number of nitrogen functional groups attached to an aromatic ring is 1. The third kappa shape index (κ3) is 5.37. The van der Waals surface area contributed by atoms with Crippen LogP contribution in [0.5, 0.6) is 0 Å². The van der Waals surface area contributed by atoms with E-state index in [9.17, 15) is 22.8 Å². The second-order valence-electron chi connectivity index (χ2n) is 5.66. The van der Waals surface area contributed by atoms with E-state index < -0.39 is 46.7 Å². The number of thiazole rings is 1. The van der Waals surface area contributed by atoms with Crippen molar-refractivity contribution in [3.63, 3.8) is 0 Å². The molecule has 0 spiro atoms. The van der Waals surface area contributed by atoms with Gasteiger partial charge in [0.25, 0.3) is 11.8 Å². The smallest absolute Gasteiger partial charge is 0.362 e. The predicted octanol–water partition coefficient (Wildman–Crippen LogP) is -2.93. The summed E-state index contributed by atoms with van der Waals surface area (Å²) < 4.78 is 31.5. The number of rotatable bonds is 9. The molecule has 2 rings (SSSR count). The van der Waals surface area contributed by atoms with Gasteiger partial charge >= 0.3 is 10.3 Å². The number of aliphatic hydroxyl groups excluding tert-OH is 1. The number of β-lactam (4-membered cyclic amide) rings is 1. The Hall–Kier alpha value is -2.82. The molecule has 6 N–H and O–H groups in total. The number of aromatic nitrogens is 1. The number of aliphatic hydroxyl groups is 1. The van der Waals surface area contributed by atoms with Crippen molar-refractivity contribution in [2.45, 2.75) is 19.0 Å². The molecule has 1 aliphatic heterocycles. The monoisotopic (exact) mass is 450 g/mol. The van der Waals surface area contributed by atoms with Crippen molar-refractivity contribution >= 4 is 50.2 Å². The van der Waals surface area contributed by atoms with E-state index in [1.807, 2.05) is 0 Å². The third-order valence-corrected chi connectivity index (χ3v) is 5.35. The summed E-state index contributed by atoms with van der Waals surface area (Å²) >= 11 is 1.02. The maximum atomic E-state index is 12.5. The number of amides is 3. The number of nitrogens with one attached hydrogen (secondary N) is 2. The average molecular weight is 450 g/mol. The van der Waals surface area contributed by atoms with Crippen LogP contribution in [-0.4, -0.2) is 82.6 Å². The molecule has 0 aromatic carbocycles. The number of carbonyl (C=O) groups excluding carboxylic acids is 3. The van der Waals surface area contributed by atoms with Gasteiger partial charge in [-0.3, -0.25) is 18.9 Å². The molecule has 0 unspecified atom stereocenters. The SMILES string of the molecule is C[C@H]1[C@H](NC(=O)C(=NOCCNC(=O)CO)c2csc(N)n2)C(=O)N1S(=O)(=O)O. The number of oxime groups is 1. The van der Waals surface area contributed by atoms with Crippen LogP contribution in [0.4, 0.5) is 5.13 Å². The standard InChI is InChI=1S/C13H18N6O8S2/c1-6-9(12(23)19(6)29(24,25)26)17-11(22)10(7-5-28-13(14)16-7)18-27-3-2-15-8(21)4-20/h5-6,9,20H,2-4H2,1H3,(H2,14,16)(H,15,21)(H,17,22)(H,24,25,26)/t6-,9-/m0/s1. The maximum Gasteiger partial charge on any atom is 0.362 e. The number of carbonyl (C=O) groups is 3. The Kier molecular flexibility index (Phi) is 7.07. The molecule has 3 amide bonds. The van der Waals surface area contributed by atoms with Crippen molar-refractivity contribution in [1.82, 2.24) is 19.9 Å². The molecule has 2 atom stereocenters. The molecule has 160 valence electrons. The van der Waals surface area contributed by atoms with E-state index in [4.69, 9.17) is 20.2 Å². The second kappa shape index (κ2) is 9.12. The van der Waals surface area contributed by atoms with Crippen LogP contribution in [0, 0.1) is 0 Å². The molecule has 1 aromatic rings. The van der Waals surface area contributed by atoms with Crippen molar-refractivity contribution in [2.24, 2.45) is 5.16 Å². The van der Waals surface area contributed by atoms with Crippen molar-refractivity contribution < 1.29 is 37.3 Å². The van der Waals surface area contributed by atoms with Crippen LogP contribution in [0.15, 0.2) is 10.5 Å². The Labute approximate surface area is 168 Å². The fourth-order valence-corrected chi connectivity index (χ4v) is 3.75. The van der Waals surface area contributed by atoms with Crippen LogP contribution in [0.2, 0.25) is 0 Å². The van der Waals surface area contributed by atoms with Crippen LogP contribution in [0.25, 0.3) is 0 Å². The van der Waals surface area contributed by atoms with Gasteiger partial charge in [-0.05, 0) is 6.92 Å². The largest absolute Gasteiger partial charge is 0.393 e. The lowest BCUT2D eigenvalue weighted by Gasteiger charge is -2.42. The zero-order valence-electron chi connectivity index (χ0n) is 14.9. The highest BCUT2D eigenvalue weighted by Gasteiger charge is 2.51. The minimum Gasteiger partial charge on any atom is -0.393 e. The molecular formula is C13H18N6O8S2. The molecule has 1 aliphatic rings. The molecule has 16 heteroatoms. The van der Waals surface area contributed by atoms with Crippen molar-refractivity contribution in [3.05, 3.63) is 11.1 Å². The Morgan fingerprint density at radius 2 is 2.17 bits per heavy atom. The molecule has 1 aromatic heterocycles. The molecule has 29 heavy (non-hydrogen) atoms. The van der Waals surface area contributed by atoms with E-state index in [0.717, 1.165) is 11.3 Å². The van der Waals surface area contributed by atoms with Gasteiger partial charge in [-0.2, -0.15) is 8.42 Å². The van der Waals surface area contributed by atoms with Gasteiger partial charge in [0.05, 0.1) is 12.6 Å². The summed E-state index contributed by atoms with van der Waals surface area (Å²) in [7, 11) is -4.73. The van der Waals surface area contributed by atoms with Gasteiger partial charge < -0.3 is 26.3 Å². The van der Waals surface area contributed by atoms with E-state index in [1.54, 1.807) is 0 Å². The van der Waals surface area contributed by atoms with Gasteiger partial charge in [0.15, 0.2) is 10.8 Å². The molecule has 2 heterocycles. The van der Waals surface area contributed by atoms with Crippen LogP contribution < -0.4 is 16.4 Å². The fourth-order valence-electron chi connectivity index (χ4n) is 2.32. The lowest BCUT2D eigenvalue weighted by molar-refractivity contribution is -0.143. The van der Waals surface area contributed by atoms with Gasteiger partial charge in [0, 0.05) is 5.38 Å². The molecule has 14 nitrogen and oxygen atoms in total. The highest BCUT2D eigenvalue weighted by atomic mass is 32.2. The molecule has 1 saturated heterocycles. The summed E-state index contributed by atoms with van der Waals surface area (Å²) in [6.07, 6.45) is 0. The van der Waals surface area contributed by atoms with Crippen molar-refractivity contribution in [2.75, 3.05) is 25.5 Å². The quantitative estimate of drug-likeness (QED) is 0.0849. The lowest BCUT2D eigenvalue weighted by atomic mass is 10.0. The van der Waals surface area contributed by atoms with E-state index in [0.29, 0.717) is 0 Å². The number of nitrogens with zero attached hydrogens (tertiary/aromatic N) is 3. The average Bonchev–Trinajstić information content (AvgIpc) is 3.07. The first kappa shape index (κ1) is 22.5. The van der Waals surface area contributed by atoms with E-state index in [2.05, 4.69) is 20.8 Å². The normalized spacial score (nSPS) is 19.5. The molecule has 1 fully saturated rings. The summed E-state index contributed by atoms with van der Waals surface area (Å²) in [6.45, 7) is 0.483. The highest BCUT2D eigenvalue weighted by molar-refractivity contribution is 7.84. The molecule has 0 saturated carbocycles. The number of hydrogen-bond donors (Lipinski definition) is 5. The first-order chi connectivity index (χ1) is 13.6. The zero-order valence-corrected chi connectivity index (χ0v) is 16.6. The van der Waals surface area contributed by atoms with E-state index in [1.165, 1.54) is 12.3 Å². The minimum atomic E-state index is -4.73. The number of anilines is 1. The van der Waals surface area contributed by atoms with Gasteiger partial charge in [-0.15, -0.1) is 11.3 Å². The van der Waals surface area contributed by atoms with Crippen LogP contribution >= 0.6 is 11.3 Å². The zero-order chi connectivity index (χ0) is 21.8. The van der Waals surface area contributed by atoms with Gasteiger partial charge in [0.2, 0.25) is 5.91 Å². The Balaban J connectivity index is 2.07. The molecule has 0 aliphatic carbocycles. The molecule has 0 radical (unpaired) electrons. The topological polar surface area (TPSA) is 214 Å². The fraction of sp³-hybridized carbons (Fsp3) is 0.462. The summed E-state index contributed by atoms with van der Waals surface area (Å²) in [5.41, 5.74) is 5.26. The van der Waals surface area contributed by atoms with Gasteiger partial charge in [-0.1, -0.05) is 5.16 Å². The Morgan fingerprint density at radius 1 is 1.48 bits per heavy atom. The maximum absolute atomic E-state index is 12.5. The van der Waals surface area contributed by atoms with E-state index in [-0.39, 0.29) is 34.0 Å². The highest BCUT2D eigenvalue weighted by Crippen LogP contribution is 2.23. The van der Waals surface area contributed by atoms with Crippen molar-refractivity contribution in [1.29, 1.82) is 0 Å². The van der Waals surface area contributed by atoms with Gasteiger partial charge in [-0.25, -0.2) is 9.29 Å². The summed E-state index contributed by atoms with van der Waals surface area (Å²) in [5, 5.41) is 18.4. The second-order valence-corrected chi connectivity index (χ2v) is 7.83. The summed E-state index contributed by atoms with van der Waals surface area (Å²) in [4.78, 5) is 44.2. The number of hydrogen-bond acceptors (Lipinski definition) is 11. The Morgan fingerprint density at radius 3 is 2.69 bits per heavy atom. The predicted molar refractivity (Wildman–Crippen MR) is 98.9 cm³/mol. The Bertz CT molecular complexity index is 929. The lowest BCUT2D eigenvalue weighted by Crippen LogP contribution is -2.71. The van der Waals surface area contributed by atoms with Gasteiger partial charge in [0.1, 0.15) is 24.9 Å². The summed E-state index contributed by atoms with van der Waals surface area (Å²) in [6, 6.07) is -2.23. The summed E-state index contributed by atoms with van der Waals surface area (Å²) in [5.74, 6) is -2.53. The van der Waals surface area contributed by atoms with Crippen LogP contribution in [-0.2, 0) is 29.5 Å². The molecular weight excluding hydrogens is 432 g/mol. The first-order valence-electron chi connectivity index (χ1n) is 7.96. The minimum absolute atomic E-state index is 0.00153. The molecule has 0 bridgehead atoms.